The molecule has 19 heavy (non-hydrogen) atoms. The second-order valence-electron chi connectivity index (χ2n) is 5.84. The van der Waals surface area contributed by atoms with Crippen molar-refractivity contribution in [3.8, 4) is 0 Å². The Bertz CT molecular complexity index is 250. The van der Waals surface area contributed by atoms with E-state index in [0.717, 1.165) is 19.5 Å². The van der Waals surface area contributed by atoms with E-state index in [4.69, 9.17) is 0 Å². The van der Waals surface area contributed by atoms with E-state index >= 15 is 0 Å². The Morgan fingerprint density at radius 1 is 1.26 bits per heavy atom. The highest BCUT2D eigenvalue weighted by atomic mass is 16.2. The van der Waals surface area contributed by atoms with Gasteiger partial charge < -0.3 is 15.1 Å². The third-order valence-electron chi connectivity index (χ3n) is 3.83. The summed E-state index contributed by atoms with van der Waals surface area (Å²) in [6, 6.07) is 0.668. The first-order valence-corrected chi connectivity index (χ1v) is 7.79. The second kappa shape index (κ2) is 9.32. The predicted octanol–water partition coefficient (Wildman–Crippen LogP) is 1.71. The maximum Gasteiger partial charge on any atom is 0.222 e. The molecule has 0 saturated carbocycles. The molecular weight excluding hydrogens is 238 g/mol. The fourth-order valence-corrected chi connectivity index (χ4v) is 2.58. The molecule has 1 aliphatic heterocycles. The van der Waals surface area contributed by atoms with Gasteiger partial charge in [0.05, 0.1) is 0 Å². The number of carbonyl (C=O) groups is 1. The number of amides is 1. The van der Waals surface area contributed by atoms with Gasteiger partial charge in [-0.2, -0.15) is 0 Å². The molecule has 1 amide bonds. The van der Waals surface area contributed by atoms with E-state index in [9.17, 15) is 4.79 Å². The highest BCUT2D eigenvalue weighted by molar-refractivity contribution is 5.75. The van der Waals surface area contributed by atoms with Gasteiger partial charge in [-0.1, -0.05) is 13.3 Å². The lowest BCUT2D eigenvalue weighted by Gasteiger charge is -2.25. The molecular formula is C15H31N3O. The van der Waals surface area contributed by atoms with E-state index in [2.05, 4.69) is 17.1 Å². The van der Waals surface area contributed by atoms with Crippen molar-refractivity contribution in [2.75, 3.05) is 40.3 Å². The van der Waals surface area contributed by atoms with E-state index in [0.29, 0.717) is 12.5 Å². The topological polar surface area (TPSA) is 35.6 Å². The van der Waals surface area contributed by atoms with Crippen molar-refractivity contribution in [1.82, 2.24) is 15.1 Å². The summed E-state index contributed by atoms with van der Waals surface area (Å²) >= 11 is 0. The highest BCUT2D eigenvalue weighted by Crippen LogP contribution is 2.09. The molecule has 1 saturated heterocycles. The number of nitrogens with one attached hydrogen (secondary N) is 1. The molecule has 1 atom stereocenters. The average Bonchev–Trinajstić information content (AvgIpc) is 2.88. The molecule has 0 radical (unpaired) electrons. The lowest BCUT2D eigenvalue weighted by molar-refractivity contribution is -0.128. The minimum atomic E-state index is 0.245. The molecule has 1 N–H and O–H groups in total. The van der Waals surface area contributed by atoms with Crippen LogP contribution in [0.5, 0.6) is 0 Å². The van der Waals surface area contributed by atoms with Crippen LogP contribution < -0.4 is 5.32 Å². The zero-order valence-electron chi connectivity index (χ0n) is 13.0. The van der Waals surface area contributed by atoms with Gasteiger partial charge in [-0.05, 0) is 45.3 Å². The zero-order chi connectivity index (χ0) is 14.1. The van der Waals surface area contributed by atoms with Crippen LogP contribution in [0.3, 0.4) is 0 Å². The third kappa shape index (κ3) is 6.92. The van der Waals surface area contributed by atoms with Crippen molar-refractivity contribution >= 4 is 5.91 Å². The highest BCUT2D eigenvalue weighted by Gasteiger charge is 2.17. The monoisotopic (exact) mass is 269 g/mol. The van der Waals surface area contributed by atoms with Gasteiger partial charge in [0.25, 0.3) is 0 Å². The van der Waals surface area contributed by atoms with Crippen LogP contribution in [0.15, 0.2) is 0 Å². The molecule has 112 valence electrons. The van der Waals surface area contributed by atoms with Crippen molar-refractivity contribution in [3.63, 3.8) is 0 Å². The molecule has 0 aromatic rings. The second-order valence-corrected chi connectivity index (χ2v) is 5.84. The van der Waals surface area contributed by atoms with Crippen molar-refractivity contribution in [2.24, 2.45) is 0 Å². The Morgan fingerprint density at radius 2 is 2.00 bits per heavy atom. The fourth-order valence-electron chi connectivity index (χ4n) is 2.58. The largest absolute Gasteiger partial charge is 0.349 e. The van der Waals surface area contributed by atoms with Crippen molar-refractivity contribution in [2.45, 2.75) is 51.5 Å². The molecule has 4 nitrogen and oxygen atoms in total. The quantitative estimate of drug-likeness (QED) is 0.692. The summed E-state index contributed by atoms with van der Waals surface area (Å²) in [5.74, 6) is 0.245. The number of unbranched alkanes of at least 4 members (excludes halogenated alkanes) is 1. The SMILES string of the molecule is CCCCN(CCCC(=O)N(C)C)CC1CCCN1. The summed E-state index contributed by atoms with van der Waals surface area (Å²) in [7, 11) is 3.67. The van der Waals surface area contributed by atoms with E-state index in [-0.39, 0.29) is 5.91 Å². The molecule has 1 unspecified atom stereocenters. The van der Waals surface area contributed by atoms with Crippen LogP contribution in [0.25, 0.3) is 0 Å². The van der Waals surface area contributed by atoms with Gasteiger partial charge in [0.2, 0.25) is 5.91 Å². The molecule has 0 aliphatic carbocycles. The van der Waals surface area contributed by atoms with Gasteiger partial charge in [-0.15, -0.1) is 0 Å². The predicted molar refractivity (Wildman–Crippen MR) is 80.3 cm³/mol. The van der Waals surface area contributed by atoms with Gasteiger partial charge >= 0.3 is 0 Å². The number of carbonyl (C=O) groups excluding carboxylic acids is 1. The van der Waals surface area contributed by atoms with Crippen LogP contribution in [-0.4, -0.2) is 62.0 Å². The van der Waals surface area contributed by atoms with E-state index < -0.39 is 0 Å². The van der Waals surface area contributed by atoms with Crippen LogP contribution in [0.1, 0.15) is 45.4 Å². The number of hydrogen-bond acceptors (Lipinski definition) is 3. The van der Waals surface area contributed by atoms with Crippen LogP contribution in [-0.2, 0) is 4.79 Å². The molecule has 0 bridgehead atoms. The molecule has 0 aromatic heterocycles. The molecule has 4 heteroatoms. The smallest absolute Gasteiger partial charge is 0.222 e. The summed E-state index contributed by atoms with van der Waals surface area (Å²) in [5.41, 5.74) is 0. The maximum absolute atomic E-state index is 11.6. The molecule has 1 heterocycles. The third-order valence-corrected chi connectivity index (χ3v) is 3.83. The van der Waals surface area contributed by atoms with Gasteiger partial charge in [-0.25, -0.2) is 0 Å². The summed E-state index contributed by atoms with van der Waals surface area (Å²) < 4.78 is 0. The number of nitrogens with zero attached hydrogens (tertiary/aromatic N) is 2. The number of hydrogen-bond donors (Lipinski definition) is 1. The lowest BCUT2D eigenvalue weighted by atomic mass is 10.2. The van der Waals surface area contributed by atoms with Crippen LogP contribution in [0.2, 0.25) is 0 Å². The summed E-state index contributed by atoms with van der Waals surface area (Å²) in [4.78, 5) is 15.8. The minimum Gasteiger partial charge on any atom is -0.349 e. The Balaban J connectivity index is 2.25. The lowest BCUT2D eigenvalue weighted by Crippen LogP contribution is -2.38. The maximum atomic E-state index is 11.6. The molecule has 1 fully saturated rings. The fraction of sp³-hybridized carbons (Fsp3) is 0.933. The van der Waals surface area contributed by atoms with Gasteiger partial charge in [0.15, 0.2) is 0 Å². The molecule has 1 rings (SSSR count). The Hall–Kier alpha value is -0.610. The van der Waals surface area contributed by atoms with Crippen LogP contribution in [0.4, 0.5) is 0 Å². The van der Waals surface area contributed by atoms with E-state index in [1.54, 1.807) is 4.90 Å². The first-order valence-electron chi connectivity index (χ1n) is 7.79. The van der Waals surface area contributed by atoms with Gasteiger partial charge in [0.1, 0.15) is 0 Å². The Morgan fingerprint density at radius 3 is 2.58 bits per heavy atom. The standard InChI is InChI=1S/C15H31N3O/c1-4-5-11-18(13-14-8-6-10-16-14)12-7-9-15(19)17(2)3/h14,16H,4-13H2,1-3H3. The minimum absolute atomic E-state index is 0.245. The zero-order valence-corrected chi connectivity index (χ0v) is 13.0. The van der Waals surface area contributed by atoms with Gasteiger partial charge in [0, 0.05) is 33.1 Å². The molecule has 1 aliphatic rings. The first kappa shape index (κ1) is 16.4. The first-order chi connectivity index (χ1) is 9.13. The average molecular weight is 269 g/mol. The Kier molecular flexibility index (Phi) is 8.07. The van der Waals surface area contributed by atoms with Crippen molar-refractivity contribution in [1.29, 1.82) is 0 Å². The summed E-state index contributed by atoms with van der Waals surface area (Å²) in [5, 5.41) is 3.56. The molecule has 0 spiro atoms. The molecule has 0 aromatic carbocycles. The van der Waals surface area contributed by atoms with E-state index in [1.165, 1.54) is 38.8 Å². The van der Waals surface area contributed by atoms with Crippen LogP contribution >= 0.6 is 0 Å². The van der Waals surface area contributed by atoms with Gasteiger partial charge in [-0.3, -0.25) is 4.79 Å². The normalized spacial score (nSPS) is 19.1. The van der Waals surface area contributed by atoms with Crippen molar-refractivity contribution < 1.29 is 4.79 Å². The van der Waals surface area contributed by atoms with Crippen LogP contribution in [0, 0.1) is 0 Å². The van der Waals surface area contributed by atoms with Crippen molar-refractivity contribution in [3.05, 3.63) is 0 Å². The Labute approximate surface area is 118 Å². The summed E-state index contributed by atoms with van der Waals surface area (Å²) in [6.45, 7) is 6.78. The number of rotatable bonds is 9. The van der Waals surface area contributed by atoms with E-state index in [1.807, 2.05) is 14.1 Å². The summed E-state index contributed by atoms with van der Waals surface area (Å²) in [6.07, 6.45) is 6.77.